The molecule has 1 aromatic rings. The van der Waals surface area contributed by atoms with E-state index in [0.29, 0.717) is 18.8 Å². The molecule has 7 heteroatoms. The van der Waals surface area contributed by atoms with Crippen LogP contribution in [0.4, 0.5) is 15.8 Å². The molecular formula is C13H16FN3O3. The van der Waals surface area contributed by atoms with Gasteiger partial charge in [-0.1, -0.05) is 0 Å². The number of rotatable bonds is 3. The summed E-state index contributed by atoms with van der Waals surface area (Å²) in [5.41, 5.74) is -0.00412. The summed E-state index contributed by atoms with van der Waals surface area (Å²) in [6.45, 7) is 2.86. The van der Waals surface area contributed by atoms with Gasteiger partial charge in [0.2, 0.25) is 11.7 Å². The lowest BCUT2D eigenvalue weighted by Crippen LogP contribution is -2.41. The fraction of sp³-hybridized carbons (Fsp3) is 0.462. The van der Waals surface area contributed by atoms with Gasteiger partial charge >= 0.3 is 5.69 Å². The van der Waals surface area contributed by atoms with E-state index in [-0.39, 0.29) is 11.9 Å². The van der Waals surface area contributed by atoms with E-state index in [2.05, 4.69) is 5.32 Å². The molecule has 0 aliphatic carbocycles. The summed E-state index contributed by atoms with van der Waals surface area (Å²) in [7, 11) is 0. The molecule has 1 saturated heterocycles. The molecule has 0 unspecified atom stereocenters. The molecule has 0 bridgehead atoms. The average molecular weight is 281 g/mol. The molecule has 0 saturated carbocycles. The van der Waals surface area contributed by atoms with Crippen LogP contribution in [-0.2, 0) is 4.79 Å². The Kier molecular flexibility index (Phi) is 4.16. The van der Waals surface area contributed by atoms with Gasteiger partial charge in [0.1, 0.15) is 0 Å². The van der Waals surface area contributed by atoms with E-state index in [0.717, 1.165) is 18.9 Å². The molecule has 20 heavy (non-hydrogen) atoms. The molecule has 1 heterocycles. The minimum Gasteiger partial charge on any atom is -0.382 e. The van der Waals surface area contributed by atoms with Gasteiger partial charge in [0.25, 0.3) is 0 Å². The number of anilines is 1. The zero-order chi connectivity index (χ0) is 14.7. The van der Waals surface area contributed by atoms with E-state index < -0.39 is 16.4 Å². The lowest BCUT2D eigenvalue weighted by molar-refractivity contribution is -0.387. The van der Waals surface area contributed by atoms with Crippen molar-refractivity contribution >= 4 is 17.3 Å². The van der Waals surface area contributed by atoms with Crippen LogP contribution in [0.25, 0.3) is 0 Å². The molecule has 2 rings (SSSR count). The summed E-state index contributed by atoms with van der Waals surface area (Å²) >= 11 is 0. The summed E-state index contributed by atoms with van der Waals surface area (Å²) in [6, 6.07) is 3.91. The van der Waals surface area contributed by atoms with E-state index in [1.807, 2.05) is 0 Å². The zero-order valence-corrected chi connectivity index (χ0v) is 11.1. The second-order valence-corrected chi connectivity index (χ2v) is 4.85. The number of hydrogen-bond acceptors (Lipinski definition) is 4. The van der Waals surface area contributed by atoms with Crippen LogP contribution in [0.1, 0.15) is 19.8 Å². The number of hydrogen-bond donors (Lipinski definition) is 1. The molecule has 0 spiro atoms. The van der Waals surface area contributed by atoms with Crippen LogP contribution in [0.5, 0.6) is 0 Å². The van der Waals surface area contributed by atoms with Gasteiger partial charge in [-0.05, 0) is 25.0 Å². The van der Waals surface area contributed by atoms with Crippen molar-refractivity contribution in [1.29, 1.82) is 0 Å². The maximum atomic E-state index is 13.2. The van der Waals surface area contributed by atoms with Crippen molar-refractivity contribution in [3.63, 3.8) is 0 Å². The summed E-state index contributed by atoms with van der Waals surface area (Å²) in [5, 5.41) is 13.8. The molecule has 108 valence electrons. The predicted octanol–water partition coefficient (Wildman–Crippen LogP) is 2.16. The highest BCUT2D eigenvalue weighted by molar-refractivity contribution is 5.73. The fourth-order valence-electron chi connectivity index (χ4n) is 2.32. The normalized spacial score (nSPS) is 16.0. The first-order valence-corrected chi connectivity index (χ1v) is 6.43. The molecule has 1 amide bonds. The largest absolute Gasteiger partial charge is 0.382 e. The Bertz CT molecular complexity index is 528. The third-order valence-corrected chi connectivity index (χ3v) is 3.45. The number of likely N-dealkylation sites (tertiary alicyclic amines) is 1. The number of halogens is 1. The Morgan fingerprint density at radius 3 is 2.65 bits per heavy atom. The maximum absolute atomic E-state index is 13.2. The number of piperidine rings is 1. The highest BCUT2D eigenvalue weighted by atomic mass is 19.1. The van der Waals surface area contributed by atoms with Crippen LogP contribution in [0, 0.1) is 15.9 Å². The number of nitro benzene ring substituents is 1. The second kappa shape index (κ2) is 5.85. The Hall–Kier alpha value is -2.18. The first kappa shape index (κ1) is 14.2. The molecule has 6 nitrogen and oxygen atoms in total. The SMILES string of the molecule is CC(=O)N1CCC(Nc2ccc(F)c([N+](=O)[O-])c2)CC1. The van der Waals surface area contributed by atoms with Crippen LogP contribution < -0.4 is 5.32 Å². The van der Waals surface area contributed by atoms with Crippen molar-refractivity contribution in [1.82, 2.24) is 4.90 Å². The number of nitro groups is 1. The number of benzene rings is 1. The lowest BCUT2D eigenvalue weighted by Gasteiger charge is -2.32. The molecule has 0 aromatic heterocycles. The number of amides is 1. The van der Waals surface area contributed by atoms with E-state index in [1.165, 1.54) is 19.1 Å². The van der Waals surface area contributed by atoms with Gasteiger partial charge in [-0.3, -0.25) is 14.9 Å². The van der Waals surface area contributed by atoms with E-state index in [9.17, 15) is 19.3 Å². The van der Waals surface area contributed by atoms with Gasteiger partial charge in [-0.2, -0.15) is 4.39 Å². The number of nitrogens with one attached hydrogen (secondary N) is 1. The Morgan fingerprint density at radius 2 is 2.10 bits per heavy atom. The van der Waals surface area contributed by atoms with E-state index in [1.54, 1.807) is 4.90 Å². The standard InChI is InChI=1S/C13H16FN3O3/c1-9(18)16-6-4-10(5-7-16)15-11-2-3-12(14)13(8-11)17(19)20/h2-3,8,10,15H,4-7H2,1H3. The summed E-state index contributed by atoms with van der Waals surface area (Å²) in [5.74, 6) is -0.784. The van der Waals surface area contributed by atoms with E-state index in [4.69, 9.17) is 0 Å². The predicted molar refractivity (Wildman–Crippen MR) is 72.0 cm³/mol. The minimum atomic E-state index is -0.841. The van der Waals surface area contributed by atoms with Crippen LogP contribution in [-0.4, -0.2) is 34.9 Å². The van der Waals surface area contributed by atoms with Gasteiger partial charge in [-0.25, -0.2) is 0 Å². The van der Waals surface area contributed by atoms with Gasteiger partial charge in [0, 0.05) is 37.8 Å². The van der Waals surface area contributed by atoms with Gasteiger partial charge < -0.3 is 10.2 Å². The third kappa shape index (κ3) is 3.23. The number of nitrogens with zero attached hydrogens (tertiary/aromatic N) is 2. The van der Waals surface area contributed by atoms with Crippen LogP contribution >= 0.6 is 0 Å². The van der Waals surface area contributed by atoms with Crippen molar-refractivity contribution in [2.24, 2.45) is 0 Å². The molecule has 1 aromatic carbocycles. The van der Waals surface area contributed by atoms with Crippen LogP contribution in [0.15, 0.2) is 18.2 Å². The Balaban J connectivity index is 1.99. The number of carbonyl (C=O) groups excluding carboxylic acids is 1. The minimum absolute atomic E-state index is 0.0564. The van der Waals surface area contributed by atoms with Gasteiger partial charge in [-0.15, -0.1) is 0 Å². The monoisotopic (exact) mass is 281 g/mol. The Labute approximate surface area is 115 Å². The topological polar surface area (TPSA) is 75.5 Å². The molecule has 0 radical (unpaired) electrons. The highest BCUT2D eigenvalue weighted by Crippen LogP contribution is 2.23. The highest BCUT2D eigenvalue weighted by Gasteiger charge is 2.21. The molecule has 1 aliphatic heterocycles. The van der Waals surface area contributed by atoms with Crippen molar-refractivity contribution in [3.8, 4) is 0 Å². The molecular weight excluding hydrogens is 265 g/mol. The fourth-order valence-corrected chi connectivity index (χ4v) is 2.32. The quantitative estimate of drug-likeness (QED) is 0.680. The van der Waals surface area contributed by atoms with Crippen LogP contribution in [0.3, 0.4) is 0 Å². The van der Waals surface area contributed by atoms with E-state index >= 15 is 0 Å². The second-order valence-electron chi connectivity index (χ2n) is 4.85. The smallest absolute Gasteiger partial charge is 0.306 e. The maximum Gasteiger partial charge on any atom is 0.306 e. The molecule has 1 N–H and O–H groups in total. The summed E-state index contributed by atoms with van der Waals surface area (Å²) in [4.78, 5) is 22.9. The molecule has 1 fully saturated rings. The van der Waals surface area contributed by atoms with Crippen molar-refractivity contribution in [2.45, 2.75) is 25.8 Å². The summed E-state index contributed by atoms with van der Waals surface area (Å²) in [6.07, 6.45) is 1.54. The number of carbonyl (C=O) groups is 1. The lowest BCUT2D eigenvalue weighted by atomic mass is 10.0. The Morgan fingerprint density at radius 1 is 1.45 bits per heavy atom. The average Bonchev–Trinajstić information content (AvgIpc) is 2.41. The van der Waals surface area contributed by atoms with Crippen molar-refractivity contribution < 1.29 is 14.1 Å². The van der Waals surface area contributed by atoms with Crippen molar-refractivity contribution in [3.05, 3.63) is 34.1 Å². The zero-order valence-electron chi connectivity index (χ0n) is 11.1. The molecule has 1 aliphatic rings. The molecule has 0 atom stereocenters. The first-order valence-electron chi connectivity index (χ1n) is 6.43. The first-order chi connectivity index (χ1) is 9.47. The third-order valence-electron chi connectivity index (χ3n) is 3.45. The van der Waals surface area contributed by atoms with Crippen molar-refractivity contribution in [2.75, 3.05) is 18.4 Å². The van der Waals surface area contributed by atoms with Crippen LogP contribution in [0.2, 0.25) is 0 Å². The summed E-state index contributed by atoms with van der Waals surface area (Å²) < 4.78 is 13.2. The van der Waals surface area contributed by atoms with Gasteiger partial charge in [0.15, 0.2) is 0 Å². The van der Waals surface area contributed by atoms with Gasteiger partial charge in [0.05, 0.1) is 4.92 Å².